The Morgan fingerprint density at radius 1 is 0.902 bits per heavy atom. The van der Waals surface area contributed by atoms with Crippen LogP contribution in [0.2, 0.25) is 0 Å². The van der Waals surface area contributed by atoms with Crippen LogP contribution in [0, 0.1) is 11.6 Å². The SMILES string of the molecule is O=C1OCCN1C(=O)N(CCCN1CCC2(CC1)c1ccccc1S(=O)(=O)c1ccccc12)c1ccc(F)c(F)c1. The number of fused-ring (bicyclic) bond motifs is 4. The third-order valence-corrected chi connectivity index (χ3v) is 10.3. The highest BCUT2D eigenvalue weighted by molar-refractivity contribution is 7.91. The average molecular weight is 582 g/mol. The van der Waals surface area contributed by atoms with Gasteiger partial charge < -0.3 is 9.64 Å². The second-order valence-electron chi connectivity index (χ2n) is 10.6. The summed E-state index contributed by atoms with van der Waals surface area (Å²) >= 11 is 0. The number of rotatable bonds is 5. The highest BCUT2D eigenvalue weighted by Crippen LogP contribution is 2.51. The molecular weight excluding hydrogens is 552 g/mol. The van der Waals surface area contributed by atoms with Crippen molar-refractivity contribution in [1.29, 1.82) is 0 Å². The molecule has 0 N–H and O–H groups in total. The average Bonchev–Trinajstić information content (AvgIpc) is 3.42. The highest BCUT2D eigenvalue weighted by Gasteiger charge is 2.47. The van der Waals surface area contributed by atoms with Crippen molar-refractivity contribution in [1.82, 2.24) is 9.80 Å². The number of nitrogens with zero attached hydrogens (tertiary/aromatic N) is 3. The van der Waals surface area contributed by atoms with Gasteiger partial charge in [-0.15, -0.1) is 0 Å². The summed E-state index contributed by atoms with van der Waals surface area (Å²) in [6.07, 6.45) is 1.20. The topological polar surface area (TPSA) is 87.2 Å². The number of ether oxygens (including phenoxy) is 1. The summed E-state index contributed by atoms with van der Waals surface area (Å²) in [5, 5.41) is 0. The molecule has 214 valence electrons. The van der Waals surface area contributed by atoms with Crippen LogP contribution < -0.4 is 4.90 Å². The maximum absolute atomic E-state index is 14.0. The summed E-state index contributed by atoms with van der Waals surface area (Å²) < 4.78 is 59.3. The Kier molecular flexibility index (Phi) is 7.03. The first kappa shape index (κ1) is 27.3. The van der Waals surface area contributed by atoms with Crippen molar-refractivity contribution in [3.8, 4) is 0 Å². The van der Waals surface area contributed by atoms with Crippen molar-refractivity contribution in [2.24, 2.45) is 0 Å². The number of amides is 3. The molecule has 3 heterocycles. The van der Waals surface area contributed by atoms with Crippen LogP contribution in [-0.4, -0.2) is 69.7 Å². The predicted octanol–water partition coefficient (Wildman–Crippen LogP) is 4.96. The number of benzene rings is 3. The molecule has 0 aliphatic carbocycles. The molecule has 6 rings (SSSR count). The number of piperidine rings is 1. The Morgan fingerprint density at radius 3 is 2.12 bits per heavy atom. The van der Waals surface area contributed by atoms with Gasteiger partial charge in [-0.1, -0.05) is 36.4 Å². The summed E-state index contributed by atoms with van der Waals surface area (Å²) in [6.45, 7) is 2.39. The van der Waals surface area contributed by atoms with E-state index in [2.05, 4.69) is 4.90 Å². The molecule has 0 unspecified atom stereocenters. The van der Waals surface area contributed by atoms with E-state index in [1.54, 1.807) is 24.3 Å². The van der Waals surface area contributed by atoms with Gasteiger partial charge in [0.15, 0.2) is 11.6 Å². The summed E-state index contributed by atoms with van der Waals surface area (Å²) in [5.74, 6) is -2.11. The van der Waals surface area contributed by atoms with E-state index in [0.717, 1.165) is 41.0 Å². The van der Waals surface area contributed by atoms with Crippen LogP contribution in [0.1, 0.15) is 30.4 Å². The fourth-order valence-corrected chi connectivity index (χ4v) is 8.16. The molecular formula is C30H29F2N3O5S. The number of cyclic esters (lactones) is 1. The van der Waals surface area contributed by atoms with Crippen LogP contribution in [0.25, 0.3) is 0 Å². The van der Waals surface area contributed by atoms with Gasteiger partial charge in [0.2, 0.25) is 9.84 Å². The molecule has 2 saturated heterocycles. The normalized spacial score (nSPS) is 19.0. The summed E-state index contributed by atoms with van der Waals surface area (Å²) in [5.41, 5.74) is 1.42. The molecule has 11 heteroatoms. The lowest BCUT2D eigenvalue weighted by atomic mass is 9.67. The quantitative estimate of drug-likeness (QED) is 0.423. The van der Waals surface area contributed by atoms with Gasteiger partial charge >= 0.3 is 12.1 Å². The molecule has 3 amide bonds. The standard InChI is InChI=1S/C30H29F2N3O5S/c31-24-11-10-21(20-25(24)32)34(28(36)35-18-19-40-29(35)37)15-5-14-33-16-12-30(13-17-33)22-6-1-3-8-26(22)41(38,39)27-9-4-2-7-23(27)30/h1-4,6-11,20H,5,12-19H2. The molecule has 3 aliphatic heterocycles. The largest absolute Gasteiger partial charge is 0.447 e. The van der Waals surface area contributed by atoms with E-state index < -0.39 is 39.0 Å². The lowest BCUT2D eigenvalue weighted by molar-refractivity contribution is 0.159. The first-order valence-electron chi connectivity index (χ1n) is 13.6. The molecule has 0 bridgehead atoms. The molecule has 0 atom stereocenters. The molecule has 8 nitrogen and oxygen atoms in total. The zero-order valence-electron chi connectivity index (χ0n) is 22.3. The van der Waals surface area contributed by atoms with Crippen molar-refractivity contribution in [3.63, 3.8) is 0 Å². The molecule has 0 aromatic heterocycles. The second kappa shape index (κ2) is 10.5. The zero-order chi connectivity index (χ0) is 28.8. The van der Waals surface area contributed by atoms with Crippen LogP contribution in [-0.2, 0) is 20.0 Å². The van der Waals surface area contributed by atoms with E-state index in [9.17, 15) is 26.8 Å². The van der Waals surface area contributed by atoms with Crippen LogP contribution >= 0.6 is 0 Å². The Morgan fingerprint density at radius 2 is 1.54 bits per heavy atom. The molecule has 0 radical (unpaired) electrons. The van der Waals surface area contributed by atoms with Crippen LogP contribution in [0.15, 0.2) is 76.5 Å². The van der Waals surface area contributed by atoms with Crippen molar-refractivity contribution < 1.29 is 31.5 Å². The summed E-state index contributed by atoms with van der Waals surface area (Å²) in [6, 6.07) is 17.1. The number of hydrogen-bond acceptors (Lipinski definition) is 6. The number of halogens is 2. The Bertz CT molecular complexity index is 1570. The number of likely N-dealkylation sites (tertiary alicyclic amines) is 1. The van der Waals surface area contributed by atoms with Gasteiger partial charge in [-0.3, -0.25) is 4.90 Å². The Hall–Kier alpha value is -3.83. The minimum Gasteiger partial charge on any atom is -0.447 e. The maximum atomic E-state index is 14.0. The van der Waals surface area contributed by atoms with Crippen LogP contribution in [0.3, 0.4) is 0 Å². The van der Waals surface area contributed by atoms with E-state index in [-0.39, 0.29) is 25.4 Å². The number of hydrogen-bond donors (Lipinski definition) is 0. The Balaban J connectivity index is 1.18. The predicted molar refractivity (Wildman–Crippen MR) is 147 cm³/mol. The van der Waals surface area contributed by atoms with Crippen molar-refractivity contribution in [2.75, 3.05) is 44.2 Å². The van der Waals surface area contributed by atoms with Crippen LogP contribution in [0.4, 0.5) is 24.1 Å². The molecule has 3 aromatic carbocycles. The van der Waals surface area contributed by atoms with Gasteiger partial charge in [-0.2, -0.15) is 0 Å². The molecule has 2 fully saturated rings. The lowest BCUT2D eigenvalue weighted by Gasteiger charge is -2.46. The molecule has 41 heavy (non-hydrogen) atoms. The van der Waals surface area contributed by atoms with Crippen LogP contribution in [0.5, 0.6) is 0 Å². The van der Waals surface area contributed by atoms with E-state index in [1.807, 2.05) is 24.3 Å². The Labute approximate surface area is 237 Å². The molecule has 3 aliphatic rings. The van der Waals surface area contributed by atoms with Gasteiger partial charge in [0.05, 0.1) is 16.3 Å². The lowest BCUT2D eigenvalue weighted by Crippen LogP contribution is -2.47. The van der Waals surface area contributed by atoms with E-state index >= 15 is 0 Å². The van der Waals surface area contributed by atoms with Gasteiger partial charge in [0, 0.05) is 23.7 Å². The number of urea groups is 1. The number of imide groups is 1. The minimum absolute atomic E-state index is 0.0826. The monoisotopic (exact) mass is 581 g/mol. The first-order valence-corrected chi connectivity index (χ1v) is 15.1. The minimum atomic E-state index is -3.60. The fourth-order valence-electron chi connectivity index (χ4n) is 6.31. The van der Waals surface area contributed by atoms with Gasteiger partial charge in [-0.25, -0.2) is 31.7 Å². The zero-order valence-corrected chi connectivity index (χ0v) is 23.1. The van der Waals surface area contributed by atoms with Gasteiger partial charge in [0.1, 0.15) is 6.61 Å². The highest BCUT2D eigenvalue weighted by atomic mass is 32.2. The first-order chi connectivity index (χ1) is 19.7. The van der Waals surface area contributed by atoms with Crippen molar-refractivity contribution in [2.45, 2.75) is 34.5 Å². The smallest absolute Gasteiger partial charge is 0.418 e. The number of anilines is 1. The number of carbonyl (C=O) groups excluding carboxylic acids is 2. The number of sulfone groups is 1. The van der Waals surface area contributed by atoms with Gasteiger partial charge in [0.25, 0.3) is 0 Å². The third-order valence-electron chi connectivity index (χ3n) is 8.39. The third kappa shape index (κ3) is 4.66. The van der Waals surface area contributed by atoms with E-state index in [4.69, 9.17) is 4.74 Å². The molecule has 0 saturated carbocycles. The van der Waals surface area contributed by atoms with E-state index in [1.165, 1.54) is 11.0 Å². The van der Waals surface area contributed by atoms with Crippen molar-refractivity contribution >= 4 is 27.6 Å². The van der Waals surface area contributed by atoms with E-state index in [0.29, 0.717) is 35.8 Å². The van der Waals surface area contributed by atoms with Crippen molar-refractivity contribution in [3.05, 3.63) is 89.5 Å². The fraction of sp³-hybridized carbons (Fsp3) is 0.333. The maximum Gasteiger partial charge on any atom is 0.418 e. The molecule has 1 spiro atoms. The summed E-state index contributed by atoms with van der Waals surface area (Å²) in [4.78, 5) is 30.5. The second-order valence-corrected chi connectivity index (χ2v) is 12.5. The van der Waals surface area contributed by atoms with Gasteiger partial charge in [-0.05, 0) is 74.3 Å². The number of carbonyl (C=O) groups is 2. The molecule has 3 aromatic rings. The summed E-state index contributed by atoms with van der Waals surface area (Å²) in [7, 11) is -3.60.